The van der Waals surface area contributed by atoms with Crippen molar-refractivity contribution >= 4 is 11.9 Å². The lowest BCUT2D eigenvalue weighted by Gasteiger charge is -2.24. The van der Waals surface area contributed by atoms with Crippen LogP contribution < -0.4 is 0 Å². The summed E-state index contributed by atoms with van der Waals surface area (Å²) in [5.74, 6) is 0.0790. The van der Waals surface area contributed by atoms with Crippen molar-refractivity contribution < 1.29 is 18.7 Å². The van der Waals surface area contributed by atoms with Gasteiger partial charge in [0.2, 0.25) is 5.89 Å². The number of hydrogen-bond donors (Lipinski definition) is 0. The Bertz CT molecular complexity index is 1020. The van der Waals surface area contributed by atoms with Crippen LogP contribution in [0.25, 0.3) is 22.8 Å². The first-order chi connectivity index (χ1) is 14.4. The third-order valence-corrected chi connectivity index (χ3v) is 5.00. The Morgan fingerprint density at radius 2 is 1.83 bits per heavy atom. The molecular formula is C24H26N2O4. The Balaban J connectivity index is 1.89. The number of ether oxygens (including phenoxy) is 1. The zero-order chi connectivity index (χ0) is 21.7. The minimum absolute atomic E-state index is 0.182. The molecule has 2 aromatic carbocycles. The maximum atomic E-state index is 13.2. The van der Waals surface area contributed by atoms with Crippen molar-refractivity contribution in [1.29, 1.82) is 0 Å². The number of oxazole rings is 1. The van der Waals surface area contributed by atoms with Gasteiger partial charge in [0.15, 0.2) is 5.76 Å². The Morgan fingerprint density at radius 1 is 1.13 bits per heavy atom. The number of benzene rings is 2. The van der Waals surface area contributed by atoms with Crippen LogP contribution >= 0.6 is 0 Å². The van der Waals surface area contributed by atoms with Gasteiger partial charge in [-0.2, -0.15) is 0 Å². The zero-order valence-electron chi connectivity index (χ0n) is 17.7. The van der Waals surface area contributed by atoms with E-state index < -0.39 is 5.92 Å². The highest BCUT2D eigenvalue weighted by atomic mass is 16.5. The van der Waals surface area contributed by atoms with E-state index in [0.29, 0.717) is 29.3 Å². The van der Waals surface area contributed by atoms with E-state index in [9.17, 15) is 9.59 Å². The molecule has 0 aliphatic heterocycles. The van der Waals surface area contributed by atoms with Gasteiger partial charge in [-0.25, -0.2) is 4.98 Å². The lowest BCUT2D eigenvalue weighted by atomic mass is 10.0. The van der Waals surface area contributed by atoms with E-state index in [0.717, 1.165) is 11.1 Å². The smallest absolute Gasteiger partial charge is 0.310 e. The van der Waals surface area contributed by atoms with E-state index in [1.54, 1.807) is 30.2 Å². The van der Waals surface area contributed by atoms with Crippen LogP contribution in [-0.4, -0.2) is 42.0 Å². The van der Waals surface area contributed by atoms with Gasteiger partial charge in [-0.1, -0.05) is 48.9 Å². The van der Waals surface area contributed by atoms with E-state index in [4.69, 9.17) is 9.15 Å². The monoisotopic (exact) mass is 406 g/mol. The van der Waals surface area contributed by atoms with Crippen molar-refractivity contribution in [2.75, 3.05) is 20.2 Å². The fraction of sp³-hybridized carbons (Fsp3) is 0.292. The molecule has 0 saturated carbocycles. The normalized spacial score (nSPS) is 11.7. The second-order valence-electron chi connectivity index (χ2n) is 7.21. The molecule has 30 heavy (non-hydrogen) atoms. The van der Waals surface area contributed by atoms with Gasteiger partial charge in [-0.05, 0) is 26.0 Å². The lowest BCUT2D eigenvalue weighted by Crippen LogP contribution is -2.37. The largest absolute Gasteiger partial charge is 0.469 e. The molecule has 0 saturated heterocycles. The van der Waals surface area contributed by atoms with Crippen LogP contribution in [0.15, 0.2) is 59.1 Å². The Hall–Kier alpha value is -3.41. The molecular weight excluding hydrogens is 380 g/mol. The maximum Gasteiger partial charge on any atom is 0.310 e. The summed E-state index contributed by atoms with van der Waals surface area (Å²) in [4.78, 5) is 31.1. The first-order valence-corrected chi connectivity index (χ1v) is 9.94. The number of carbonyl (C=O) groups excluding carboxylic acids is 2. The SMILES string of the molecule is CCN(CC(C)C(=O)OC)C(=O)c1ccccc1-c1ncc(-c2ccc(C)cc2)o1. The molecule has 0 aliphatic rings. The fourth-order valence-electron chi connectivity index (χ4n) is 3.24. The van der Waals surface area contributed by atoms with Gasteiger partial charge in [0.1, 0.15) is 0 Å². The second kappa shape index (κ2) is 9.39. The second-order valence-corrected chi connectivity index (χ2v) is 7.21. The predicted octanol–water partition coefficient (Wildman–Crippen LogP) is 4.59. The van der Waals surface area contributed by atoms with Gasteiger partial charge in [0.25, 0.3) is 5.91 Å². The summed E-state index contributed by atoms with van der Waals surface area (Å²) < 4.78 is 10.8. The molecule has 0 radical (unpaired) electrons. The molecule has 6 nitrogen and oxygen atoms in total. The molecule has 1 heterocycles. The first-order valence-electron chi connectivity index (χ1n) is 9.94. The molecule has 0 bridgehead atoms. The van der Waals surface area contributed by atoms with E-state index in [1.807, 2.05) is 50.2 Å². The molecule has 1 atom stereocenters. The summed E-state index contributed by atoms with van der Waals surface area (Å²) in [5, 5.41) is 0. The summed E-state index contributed by atoms with van der Waals surface area (Å²) >= 11 is 0. The summed E-state index contributed by atoms with van der Waals surface area (Å²) in [6.45, 7) is 6.39. The van der Waals surface area contributed by atoms with Gasteiger partial charge in [0, 0.05) is 24.2 Å². The Morgan fingerprint density at radius 3 is 2.50 bits per heavy atom. The average Bonchev–Trinajstić information content (AvgIpc) is 3.26. The minimum Gasteiger partial charge on any atom is -0.469 e. The number of methoxy groups -OCH3 is 1. The molecule has 1 unspecified atom stereocenters. The van der Waals surface area contributed by atoms with Gasteiger partial charge in [-0.15, -0.1) is 0 Å². The average molecular weight is 406 g/mol. The summed E-state index contributed by atoms with van der Waals surface area (Å²) in [5.41, 5.74) is 3.18. The molecule has 0 N–H and O–H groups in total. The molecule has 1 amide bonds. The van der Waals surface area contributed by atoms with Crippen LogP contribution in [0.5, 0.6) is 0 Å². The number of aryl methyl sites for hydroxylation is 1. The minimum atomic E-state index is -0.416. The number of esters is 1. The number of hydrogen-bond acceptors (Lipinski definition) is 5. The topological polar surface area (TPSA) is 72.6 Å². The van der Waals surface area contributed by atoms with E-state index >= 15 is 0 Å². The van der Waals surface area contributed by atoms with Crippen LogP contribution in [0, 0.1) is 12.8 Å². The fourth-order valence-corrected chi connectivity index (χ4v) is 3.24. The molecule has 0 spiro atoms. The summed E-state index contributed by atoms with van der Waals surface area (Å²) in [6.07, 6.45) is 1.66. The molecule has 1 aromatic heterocycles. The number of nitrogens with zero attached hydrogens (tertiary/aromatic N) is 2. The molecule has 0 fully saturated rings. The zero-order valence-corrected chi connectivity index (χ0v) is 17.7. The quantitative estimate of drug-likeness (QED) is 0.537. The van der Waals surface area contributed by atoms with Crippen molar-refractivity contribution in [2.45, 2.75) is 20.8 Å². The van der Waals surface area contributed by atoms with Gasteiger partial charge in [-0.3, -0.25) is 9.59 Å². The van der Waals surface area contributed by atoms with E-state index in [1.165, 1.54) is 7.11 Å². The number of aromatic nitrogens is 1. The highest BCUT2D eigenvalue weighted by Crippen LogP contribution is 2.29. The highest BCUT2D eigenvalue weighted by Gasteiger charge is 2.24. The van der Waals surface area contributed by atoms with E-state index in [-0.39, 0.29) is 18.4 Å². The van der Waals surface area contributed by atoms with Crippen LogP contribution in [-0.2, 0) is 9.53 Å². The van der Waals surface area contributed by atoms with Crippen LogP contribution in [0.4, 0.5) is 0 Å². The first kappa shape index (κ1) is 21.3. The number of carbonyl (C=O) groups is 2. The Labute approximate surface area is 176 Å². The van der Waals surface area contributed by atoms with Gasteiger partial charge >= 0.3 is 5.97 Å². The lowest BCUT2D eigenvalue weighted by molar-refractivity contribution is -0.145. The number of amides is 1. The summed E-state index contributed by atoms with van der Waals surface area (Å²) in [6, 6.07) is 15.2. The third-order valence-electron chi connectivity index (χ3n) is 5.00. The maximum absolute atomic E-state index is 13.2. The van der Waals surface area contributed by atoms with Crippen LogP contribution in [0.2, 0.25) is 0 Å². The van der Waals surface area contributed by atoms with Crippen molar-refractivity contribution in [1.82, 2.24) is 9.88 Å². The van der Waals surface area contributed by atoms with Crippen LogP contribution in [0.3, 0.4) is 0 Å². The third kappa shape index (κ3) is 4.59. The van der Waals surface area contributed by atoms with E-state index in [2.05, 4.69) is 4.98 Å². The van der Waals surface area contributed by atoms with Gasteiger partial charge in [0.05, 0.1) is 24.8 Å². The van der Waals surface area contributed by atoms with Crippen LogP contribution in [0.1, 0.15) is 29.8 Å². The molecule has 0 aliphatic carbocycles. The molecule has 3 aromatic rings. The van der Waals surface area contributed by atoms with Crippen molar-refractivity contribution in [3.8, 4) is 22.8 Å². The highest BCUT2D eigenvalue weighted by molar-refractivity contribution is 6.00. The standard InChI is InChI=1S/C24H26N2O4/c1-5-26(15-17(3)24(28)29-4)23(27)20-9-7-6-8-19(20)22-25-14-21(30-22)18-12-10-16(2)11-13-18/h6-14,17H,5,15H2,1-4H3. The van der Waals surface area contributed by atoms with Gasteiger partial charge < -0.3 is 14.1 Å². The predicted molar refractivity (Wildman–Crippen MR) is 115 cm³/mol. The van der Waals surface area contributed by atoms with Crippen molar-refractivity contribution in [3.05, 3.63) is 65.9 Å². The molecule has 3 rings (SSSR count). The summed E-state index contributed by atoms with van der Waals surface area (Å²) in [7, 11) is 1.35. The molecule has 156 valence electrons. The van der Waals surface area contributed by atoms with Crippen molar-refractivity contribution in [3.63, 3.8) is 0 Å². The Kier molecular flexibility index (Phi) is 6.67. The molecule has 6 heteroatoms. The number of rotatable bonds is 7. The van der Waals surface area contributed by atoms with Crippen molar-refractivity contribution in [2.24, 2.45) is 5.92 Å².